The number of benzene rings is 1. The third kappa shape index (κ3) is 1.51. The maximum absolute atomic E-state index is 12.0. The van der Waals surface area contributed by atoms with Gasteiger partial charge in [-0.25, -0.2) is 0 Å². The van der Waals surface area contributed by atoms with Crippen LogP contribution in [-0.2, 0) is 4.08 Å². The molecule has 2 aromatic carbocycles. The molecule has 20 heavy (non-hydrogen) atoms. The van der Waals surface area contributed by atoms with Gasteiger partial charge >= 0.3 is 0 Å². The first-order valence-corrected chi connectivity index (χ1v) is 8.58. The maximum Gasteiger partial charge on any atom is 0.269 e. The first-order valence-electron chi connectivity index (χ1n) is 6.23. The summed E-state index contributed by atoms with van der Waals surface area (Å²) in [5.74, 6) is 2.77. The van der Waals surface area contributed by atoms with Gasteiger partial charge in [0.05, 0.1) is 5.56 Å². The molecule has 1 saturated heterocycles. The Bertz CT molecular complexity index is 786. The predicted octanol–water partition coefficient (Wildman–Crippen LogP) is 3.11. The third-order valence-corrected chi connectivity index (χ3v) is 7.19. The largest absolute Gasteiger partial charge is 0.452 e. The van der Waals surface area contributed by atoms with Crippen molar-refractivity contribution in [1.29, 1.82) is 0 Å². The number of hydrogen-bond acceptors (Lipinski definition) is 5. The Hall–Kier alpha value is -0.910. The summed E-state index contributed by atoms with van der Waals surface area (Å²) < 4.78 is 5.10. The molecule has 2 aromatic rings. The van der Waals surface area contributed by atoms with Crippen LogP contribution in [0, 0.1) is 0 Å². The molecule has 0 aliphatic carbocycles. The predicted molar refractivity (Wildman–Crippen MR) is 83.2 cm³/mol. The van der Waals surface area contributed by atoms with Gasteiger partial charge in [0.15, 0.2) is 5.75 Å². The van der Waals surface area contributed by atoms with E-state index in [2.05, 4.69) is 0 Å². The molecule has 0 N–H and O–H groups in total. The van der Waals surface area contributed by atoms with Gasteiger partial charge in [0, 0.05) is 10.6 Å². The fraction of sp³-hybridized carbons (Fsp3) is 0.286. The summed E-state index contributed by atoms with van der Waals surface area (Å²) in [5.41, 5.74) is 0.505. The molecule has 0 saturated carbocycles. The van der Waals surface area contributed by atoms with Crippen LogP contribution in [0.15, 0.2) is 27.8 Å². The van der Waals surface area contributed by atoms with Gasteiger partial charge in [0.1, 0.15) is 9.83 Å². The molecule has 6 heteroatoms. The van der Waals surface area contributed by atoms with E-state index in [0.717, 1.165) is 23.5 Å². The molecule has 102 valence electrons. The van der Waals surface area contributed by atoms with Crippen molar-refractivity contribution in [2.24, 2.45) is 0 Å². The summed E-state index contributed by atoms with van der Waals surface area (Å²) in [6.45, 7) is 0. The number of rotatable bonds is 0. The topological polar surface area (TPSA) is 43.4 Å². The lowest BCUT2D eigenvalue weighted by Crippen LogP contribution is -2.46. The van der Waals surface area contributed by atoms with Gasteiger partial charge in [-0.2, -0.15) is 0 Å². The Labute approximate surface area is 128 Å². The minimum Gasteiger partial charge on any atom is -0.452 e. The highest BCUT2D eigenvalue weighted by atomic mass is 35.5. The van der Waals surface area contributed by atoms with Crippen LogP contribution in [-0.4, -0.2) is 11.5 Å². The van der Waals surface area contributed by atoms with Gasteiger partial charge in [-0.3, -0.25) is 9.59 Å². The highest BCUT2D eigenvalue weighted by molar-refractivity contribution is 8.18. The van der Waals surface area contributed by atoms with Crippen LogP contribution in [0.1, 0.15) is 17.5 Å². The average Bonchev–Trinajstić information content (AvgIpc) is 2.48. The first kappa shape index (κ1) is 12.8. The van der Waals surface area contributed by atoms with Crippen molar-refractivity contribution in [3.63, 3.8) is 0 Å². The second-order valence-electron chi connectivity index (χ2n) is 4.77. The Balaban J connectivity index is 2.01. The van der Waals surface area contributed by atoms with Gasteiger partial charge in [-0.05, 0) is 36.1 Å². The zero-order valence-corrected chi connectivity index (χ0v) is 12.7. The third-order valence-electron chi connectivity index (χ3n) is 3.60. The summed E-state index contributed by atoms with van der Waals surface area (Å²) >= 11 is 9.50. The lowest BCUT2D eigenvalue weighted by molar-refractivity contribution is 0.440. The fourth-order valence-electron chi connectivity index (χ4n) is 2.69. The lowest BCUT2D eigenvalue weighted by atomic mass is 9.95. The number of thioether (sulfide) groups is 2. The number of ether oxygens (including phenoxy) is 1. The van der Waals surface area contributed by atoms with Gasteiger partial charge in [-0.15, -0.1) is 23.5 Å². The zero-order valence-electron chi connectivity index (χ0n) is 10.3. The highest BCUT2D eigenvalue weighted by Gasteiger charge is 2.50. The van der Waals surface area contributed by atoms with E-state index in [1.54, 1.807) is 35.7 Å². The Morgan fingerprint density at radius 1 is 1.15 bits per heavy atom. The summed E-state index contributed by atoms with van der Waals surface area (Å²) in [7, 11) is 0. The standard InChI is InChI=1S/C14H9ClO3S2/c15-7-2-3-9-8(6-7)14(19-4-1-5-20-14)10-11(16)12(17)13(10)18-9/h2-3,6H,1,4-5H2. The van der Waals surface area contributed by atoms with E-state index in [1.807, 2.05) is 6.07 Å². The fourth-order valence-corrected chi connectivity index (χ4v) is 6.32. The summed E-state index contributed by atoms with van der Waals surface area (Å²) in [6, 6.07) is 5.36. The number of fused-ring (bicyclic) bond motifs is 4. The van der Waals surface area contributed by atoms with Crippen LogP contribution in [0.3, 0.4) is 0 Å². The van der Waals surface area contributed by atoms with Gasteiger partial charge in [-0.1, -0.05) is 11.6 Å². The van der Waals surface area contributed by atoms with E-state index in [0.29, 0.717) is 16.3 Å². The van der Waals surface area contributed by atoms with Crippen LogP contribution in [0.25, 0.3) is 0 Å². The van der Waals surface area contributed by atoms with Gasteiger partial charge in [0.2, 0.25) is 5.43 Å². The first-order chi connectivity index (χ1) is 9.63. The monoisotopic (exact) mass is 324 g/mol. The SMILES string of the molecule is O=c1c2c(c1=O)C1(SCCCS1)c1cc(Cl)ccc1O2. The smallest absolute Gasteiger partial charge is 0.269 e. The number of halogens is 1. The van der Waals surface area contributed by atoms with Crippen LogP contribution in [0.4, 0.5) is 0 Å². The van der Waals surface area contributed by atoms with Crippen LogP contribution >= 0.6 is 35.1 Å². The van der Waals surface area contributed by atoms with E-state index in [9.17, 15) is 9.59 Å². The van der Waals surface area contributed by atoms with Crippen LogP contribution in [0.5, 0.6) is 11.5 Å². The molecule has 2 aliphatic heterocycles. The molecule has 2 heterocycles. The van der Waals surface area contributed by atoms with Gasteiger partial charge < -0.3 is 4.74 Å². The molecule has 0 atom stereocenters. The molecule has 1 fully saturated rings. The molecular formula is C14H9ClO3S2. The van der Waals surface area contributed by atoms with E-state index >= 15 is 0 Å². The zero-order chi connectivity index (χ0) is 13.9. The Morgan fingerprint density at radius 3 is 2.65 bits per heavy atom. The normalized spacial score (nSPS) is 19.4. The molecule has 4 rings (SSSR count). The van der Waals surface area contributed by atoms with Crippen LogP contribution in [0.2, 0.25) is 5.02 Å². The highest BCUT2D eigenvalue weighted by Crippen LogP contribution is 2.61. The van der Waals surface area contributed by atoms with E-state index in [4.69, 9.17) is 16.3 Å². The number of hydrogen-bond donors (Lipinski definition) is 0. The minimum absolute atomic E-state index is 0.228. The minimum atomic E-state index is -0.517. The second kappa shape index (κ2) is 4.29. The van der Waals surface area contributed by atoms with Crippen molar-refractivity contribution in [3.8, 4) is 11.5 Å². The summed E-state index contributed by atoms with van der Waals surface area (Å²) in [4.78, 5) is 23.7. The Morgan fingerprint density at radius 2 is 1.90 bits per heavy atom. The summed E-state index contributed by atoms with van der Waals surface area (Å²) in [6.07, 6.45) is 1.10. The molecule has 3 nitrogen and oxygen atoms in total. The molecular weight excluding hydrogens is 316 g/mol. The average molecular weight is 325 g/mol. The molecule has 2 aliphatic rings. The maximum atomic E-state index is 12.0. The van der Waals surface area contributed by atoms with E-state index in [-0.39, 0.29) is 5.75 Å². The van der Waals surface area contributed by atoms with E-state index < -0.39 is 14.9 Å². The van der Waals surface area contributed by atoms with E-state index in [1.165, 1.54) is 0 Å². The van der Waals surface area contributed by atoms with Gasteiger partial charge in [0.25, 0.3) is 5.43 Å². The molecule has 0 amide bonds. The molecule has 0 unspecified atom stereocenters. The quantitative estimate of drug-likeness (QED) is 0.697. The summed E-state index contributed by atoms with van der Waals surface area (Å²) in [5, 5.41) is 0.612. The Kier molecular flexibility index (Phi) is 2.75. The van der Waals surface area contributed by atoms with Crippen LogP contribution < -0.4 is 15.6 Å². The van der Waals surface area contributed by atoms with Crippen molar-refractivity contribution < 1.29 is 4.74 Å². The van der Waals surface area contributed by atoms with Crippen molar-refractivity contribution >= 4 is 35.1 Å². The van der Waals surface area contributed by atoms with Crippen molar-refractivity contribution in [2.45, 2.75) is 10.5 Å². The van der Waals surface area contributed by atoms with Crippen molar-refractivity contribution in [1.82, 2.24) is 0 Å². The second-order valence-corrected chi connectivity index (χ2v) is 8.09. The van der Waals surface area contributed by atoms with Crippen molar-refractivity contribution in [2.75, 3.05) is 11.5 Å². The molecule has 0 aromatic heterocycles. The van der Waals surface area contributed by atoms with Crippen molar-refractivity contribution in [3.05, 3.63) is 54.8 Å². The molecule has 0 bridgehead atoms. The molecule has 0 radical (unpaired) electrons. The lowest BCUT2D eigenvalue weighted by Gasteiger charge is -2.41. The molecule has 1 spiro atoms.